The summed E-state index contributed by atoms with van der Waals surface area (Å²) < 4.78 is 68.2. The number of carbonyl (C=O) groups is 1. The second-order valence-electron chi connectivity index (χ2n) is 9.85. The normalized spacial score (nSPS) is 28.0. The van der Waals surface area contributed by atoms with Crippen LogP contribution in [0.15, 0.2) is 42.7 Å². The zero-order valence-electron chi connectivity index (χ0n) is 21.0. The lowest BCUT2D eigenvalue weighted by Gasteiger charge is -2.49. The van der Waals surface area contributed by atoms with Gasteiger partial charge in [-0.3, -0.25) is 4.79 Å². The Kier molecular flexibility index (Phi) is 6.78. The van der Waals surface area contributed by atoms with Crippen LogP contribution in [0, 0.1) is 23.3 Å². The zero-order chi connectivity index (χ0) is 29.1. The van der Waals surface area contributed by atoms with Gasteiger partial charge in [-0.25, -0.2) is 22.2 Å². The monoisotopic (exact) mass is 577 g/mol. The van der Waals surface area contributed by atoms with E-state index in [-0.39, 0.29) is 35.2 Å². The predicted molar refractivity (Wildman–Crippen MR) is 131 cm³/mol. The lowest BCUT2D eigenvalue weighted by molar-refractivity contribution is -0.344. The molecule has 0 bridgehead atoms. The lowest BCUT2D eigenvalue weighted by atomic mass is 9.86. The van der Waals surface area contributed by atoms with Crippen LogP contribution < -0.4 is 5.32 Å². The molecule has 0 aliphatic carbocycles. The molecule has 2 aromatic carbocycles. The Morgan fingerprint density at radius 2 is 1.93 bits per heavy atom. The van der Waals surface area contributed by atoms with Crippen LogP contribution >= 0.6 is 0 Å². The van der Waals surface area contributed by atoms with Crippen LogP contribution in [0.4, 0.5) is 17.6 Å². The van der Waals surface area contributed by atoms with Crippen LogP contribution in [0.25, 0.3) is 22.2 Å². The van der Waals surface area contributed by atoms with Crippen molar-refractivity contribution in [1.82, 2.24) is 25.3 Å². The molecule has 11 nitrogen and oxygen atoms in total. The van der Waals surface area contributed by atoms with E-state index in [1.54, 1.807) is 6.07 Å². The first-order valence-corrected chi connectivity index (χ1v) is 12.6. The molecule has 15 heteroatoms. The molecule has 4 heterocycles. The van der Waals surface area contributed by atoms with Gasteiger partial charge in [-0.15, -0.1) is 5.10 Å². The number of nitrogens with one attached hydrogen (secondary N) is 2. The smallest absolute Gasteiger partial charge is 0.253 e. The maximum absolute atomic E-state index is 14.5. The third kappa shape index (κ3) is 4.36. The maximum Gasteiger partial charge on any atom is 0.253 e. The summed E-state index contributed by atoms with van der Waals surface area (Å²) in [6.45, 7) is -0.721. The van der Waals surface area contributed by atoms with Gasteiger partial charge < -0.3 is 35.1 Å². The Morgan fingerprint density at radius 3 is 2.66 bits per heavy atom. The number of aromatic nitrogens is 4. The van der Waals surface area contributed by atoms with Crippen LogP contribution in [-0.2, 0) is 9.47 Å². The van der Waals surface area contributed by atoms with Gasteiger partial charge in [0.1, 0.15) is 35.9 Å². The van der Waals surface area contributed by atoms with Gasteiger partial charge in [0.25, 0.3) is 5.91 Å². The van der Waals surface area contributed by atoms with Gasteiger partial charge in [0.15, 0.2) is 17.5 Å². The number of fused-ring (bicyclic) bond motifs is 1. The largest absolute Gasteiger partial charge is 0.394 e. The van der Waals surface area contributed by atoms with Crippen LogP contribution in [0.3, 0.4) is 0 Å². The Balaban J connectivity index is 1.32. The molecule has 216 valence electrons. The fourth-order valence-corrected chi connectivity index (χ4v) is 5.50. The van der Waals surface area contributed by atoms with E-state index in [0.717, 1.165) is 10.9 Å². The van der Waals surface area contributed by atoms with Gasteiger partial charge >= 0.3 is 0 Å². The Labute approximate surface area is 228 Å². The van der Waals surface area contributed by atoms with Gasteiger partial charge in [0, 0.05) is 22.7 Å². The molecule has 2 aliphatic heterocycles. The molecule has 2 fully saturated rings. The van der Waals surface area contributed by atoms with Crippen molar-refractivity contribution in [1.29, 1.82) is 0 Å². The summed E-state index contributed by atoms with van der Waals surface area (Å²) in [6.07, 6.45) is -2.01. The van der Waals surface area contributed by atoms with Gasteiger partial charge in [0.05, 0.1) is 31.0 Å². The van der Waals surface area contributed by atoms with Crippen molar-refractivity contribution >= 4 is 16.8 Å². The van der Waals surface area contributed by atoms with Crippen molar-refractivity contribution in [2.24, 2.45) is 0 Å². The van der Waals surface area contributed by atoms with Crippen molar-refractivity contribution in [2.75, 3.05) is 13.2 Å². The molecular formula is C26H23F4N5O6. The van der Waals surface area contributed by atoms with E-state index in [2.05, 4.69) is 20.6 Å². The molecule has 2 saturated heterocycles. The summed E-state index contributed by atoms with van der Waals surface area (Å²) in [5.41, 5.74) is 0.125. The van der Waals surface area contributed by atoms with Crippen LogP contribution in [-0.4, -0.2) is 84.6 Å². The van der Waals surface area contributed by atoms with Crippen molar-refractivity contribution in [3.8, 4) is 11.3 Å². The number of carbonyl (C=O) groups excluding carboxylic acids is 1. The minimum Gasteiger partial charge on any atom is -0.394 e. The first-order chi connectivity index (χ1) is 19.6. The van der Waals surface area contributed by atoms with E-state index in [1.807, 2.05) is 0 Å². The van der Waals surface area contributed by atoms with Crippen molar-refractivity contribution < 1.29 is 47.1 Å². The average Bonchev–Trinajstić information content (AvgIpc) is 3.69. The van der Waals surface area contributed by atoms with E-state index in [4.69, 9.17) is 9.47 Å². The topological polar surface area (TPSA) is 155 Å². The second-order valence-corrected chi connectivity index (χ2v) is 9.85. The Bertz CT molecular complexity index is 1610. The average molecular weight is 577 g/mol. The molecule has 0 unspecified atom stereocenters. The maximum atomic E-state index is 14.5. The van der Waals surface area contributed by atoms with E-state index in [1.165, 1.54) is 18.3 Å². The highest BCUT2D eigenvalue weighted by Gasteiger charge is 2.62. The number of ether oxygens (including phenoxy) is 2. The first kappa shape index (κ1) is 27.3. The number of benzene rings is 2. The van der Waals surface area contributed by atoms with E-state index >= 15 is 0 Å². The zero-order valence-corrected chi connectivity index (χ0v) is 21.0. The lowest BCUT2D eigenvalue weighted by Crippen LogP contribution is -2.69. The number of rotatable bonds is 5. The molecule has 6 rings (SSSR count). The quantitative estimate of drug-likeness (QED) is 0.177. The number of aliphatic hydroxyl groups excluding tert-OH is 3. The minimum absolute atomic E-state index is 0.000391. The van der Waals surface area contributed by atoms with Crippen LogP contribution in [0.1, 0.15) is 22.8 Å². The highest BCUT2D eigenvalue weighted by molar-refractivity contribution is 6.07. The fourth-order valence-electron chi connectivity index (χ4n) is 5.50. The van der Waals surface area contributed by atoms with Crippen LogP contribution in [0.5, 0.6) is 0 Å². The second kappa shape index (κ2) is 10.2. The van der Waals surface area contributed by atoms with E-state index in [0.29, 0.717) is 17.6 Å². The summed E-state index contributed by atoms with van der Waals surface area (Å²) in [5.74, 6) is -7.87. The summed E-state index contributed by atoms with van der Waals surface area (Å²) in [6, 6.07) is 3.29. The number of hydrogen-bond acceptors (Lipinski definition) is 8. The standard InChI is InChI=1S/C26H23F4N5O6/c27-13-2-1-3-16-20(13)12(8-31-16)25(39)32-19-4-5-40-26(19)24(38)22(23(37)18(10-36)41-26)35-9-17(33-34-35)11-6-14(28)21(30)15(29)7-11/h1-3,6-9,18-19,22-24,31,36-38H,4-5,10H2,(H,32,39)/t18-,19-,22+,23+,24-,26+/m1/s1. The van der Waals surface area contributed by atoms with Crippen molar-refractivity contribution in [3.05, 3.63) is 71.6 Å². The number of halogens is 4. The number of nitrogens with zero attached hydrogens (tertiary/aromatic N) is 3. The van der Waals surface area contributed by atoms with Gasteiger partial charge in [0.2, 0.25) is 5.79 Å². The third-order valence-corrected chi connectivity index (χ3v) is 7.50. The number of hydrogen-bond donors (Lipinski definition) is 5. The molecule has 1 amide bonds. The van der Waals surface area contributed by atoms with Crippen LogP contribution in [0.2, 0.25) is 0 Å². The van der Waals surface area contributed by atoms with Gasteiger partial charge in [-0.1, -0.05) is 11.3 Å². The summed E-state index contributed by atoms with van der Waals surface area (Å²) >= 11 is 0. The number of amides is 1. The SMILES string of the molecule is O=C(N[C@@H]1CCO[C@]12O[C@H](CO)[C@H](O)[C@H](n1cc(-c3cc(F)c(F)c(F)c3)nn1)[C@H]2O)c1c[nH]c2cccc(F)c12. The Morgan fingerprint density at radius 1 is 1.17 bits per heavy atom. The molecule has 0 saturated carbocycles. The Hall–Kier alpha value is -3.89. The molecule has 4 aromatic rings. The molecular weight excluding hydrogens is 554 g/mol. The predicted octanol–water partition coefficient (Wildman–Crippen LogP) is 1.55. The van der Waals surface area contributed by atoms with Gasteiger partial charge in [-0.2, -0.15) is 0 Å². The minimum atomic E-state index is -1.99. The van der Waals surface area contributed by atoms with E-state index in [9.17, 15) is 37.7 Å². The highest BCUT2D eigenvalue weighted by Crippen LogP contribution is 2.43. The molecule has 41 heavy (non-hydrogen) atoms. The molecule has 6 atom stereocenters. The number of aromatic amines is 1. The van der Waals surface area contributed by atoms with Crippen molar-refractivity contribution in [3.63, 3.8) is 0 Å². The molecule has 2 aromatic heterocycles. The summed E-state index contributed by atoms with van der Waals surface area (Å²) in [5, 5.41) is 42.9. The number of aliphatic hydroxyl groups is 3. The fraction of sp³-hybridized carbons (Fsp3) is 0.346. The summed E-state index contributed by atoms with van der Waals surface area (Å²) in [4.78, 5) is 16.1. The molecule has 2 aliphatic rings. The van der Waals surface area contributed by atoms with Crippen molar-refractivity contribution in [2.45, 2.75) is 42.6 Å². The molecule has 1 spiro atoms. The van der Waals surface area contributed by atoms with E-state index < -0.39 is 72.0 Å². The highest BCUT2D eigenvalue weighted by atomic mass is 19.2. The third-order valence-electron chi connectivity index (χ3n) is 7.50. The molecule has 0 radical (unpaired) electrons. The first-order valence-electron chi connectivity index (χ1n) is 12.6. The molecule has 5 N–H and O–H groups in total. The van der Waals surface area contributed by atoms with Gasteiger partial charge in [-0.05, 0) is 30.7 Å². The number of H-pyrrole nitrogens is 1. The summed E-state index contributed by atoms with van der Waals surface area (Å²) in [7, 11) is 0.